The lowest BCUT2D eigenvalue weighted by Gasteiger charge is -1.90. The van der Waals surface area contributed by atoms with Crippen molar-refractivity contribution >= 4 is 18.2 Å². The number of ether oxygens (including phenoxy) is 1. The number of methoxy groups -OCH3 is 1. The molecule has 0 atom stereocenters. The predicted octanol–water partition coefficient (Wildman–Crippen LogP) is 0.562. The highest BCUT2D eigenvalue weighted by atomic mass is 16.5. The van der Waals surface area contributed by atoms with Gasteiger partial charge in [0.2, 0.25) is 0 Å². The van der Waals surface area contributed by atoms with Crippen LogP contribution in [0.4, 0.5) is 0 Å². The molecule has 0 aliphatic carbocycles. The number of rotatable bonds is 3. The second-order valence-electron chi connectivity index (χ2n) is 2.22. The van der Waals surface area contributed by atoms with Crippen molar-refractivity contribution in [3.05, 3.63) is 24.3 Å². The summed E-state index contributed by atoms with van der Waals surface area (Å²) in [5, 5.41) is 7.89. The second-order valence-corrected chi connectivity index (χ2v) is 2.22. The van der Waals surface area contributed by atoms with E-state index in [-0.39, 0.29) is 11.1 Å². The minimum atomic E-state index is -0.935. The molecule has 0 aromatic heterocycles. The molecule has 5 heteroatoms. The normalized spacial score (nSPS) is 7.57. The summed E-state index contributed by atoms with van der Waals surface area (Å²) in [7, 11) is 1.19. The molecule has 78 valence electrons. The lowest BCUT2D eigenvalue weighted by molar-refractivity contribution is -0.137. The van der Waals surface area contributed by atoms with Crippen molar-refractivity contribution in [3.63, 3.8) is 0 Å². The summed E-state index contributed by atoms with van der Waals surface area (Å²) in [6, 6.07) is 0. The molecule has 5 nitrogen and oxygen atoms in total. The summed E-state index contributed by atoms with van der Waals surface area (Å²) < 4.78 is 4.13. The van der Waals surface area contributed by atoms with E-state index >= 15 is 0 Å². The van der Waals surface area contributed by atoms with Crippen molar-refractivity contribution < 1.29 is 24.2 Å². The molecule has 0 radical (unpaired) electrons. The standard InChI is InChI=1S/C5H6O3.C4H6O2/c1-4(3-6)5(7)8-2;1-3(2)4(5)6/h3H,1H2,2H3;1H2,2H3,(H,5,6). The van der Waals surface area contributed by atoms with Crippen LogP contribution in [0.5, 0.6) is 0 Å². The molecule has 0 aromatic carbocycles. The Bertz CT molecular complexity index is 252. The van der Waals surface area contributed by atoms with Crippen molar-refractivity contribution in [2.75, 3.05) is 7.11 Å². The van der Waals surface area contributed by atoms with E-state index in [9.17, 15) is 14.4 Å². The Morgan fingerprint density at radius 3 is 1.79 bits per heavy atom. The molecule has 1 N–H and O–H groups in total. The van der Waals surface area contributed by atoms with Crippen molar-refractivity contribution in [1.29, 1.82) is 0 Å². The minimum Gasteiger partial charge on any atom is -0.478 e. The van der Waals surface area contributed by atoms with Crippen LogP contribution < -0.4 is 0 Å². The van der Waals surface area contributed by atoms with Gasteiger partial charge in [0, 0.05) is 5.57 Å². The zero-order valence-electron chi connectivity index (χ0n) is 8.07. The first kappa shape index (κ1) is 14.6. The van der Waals surface area contributed by atoms with Gasteiger partial charge in [-0.15, -0.1) is 0 Å². The first-order valence-electron chi connectivity index (χ1n) is 3.48. The lowest BCUT2D eigenvalue weighted by Crippen LogP contribution is -2.03. The average molecular weight is 200 g/mol. The van der Waals surface area contributed by atoms with E-state index in [0.29, 0.717) is 6.29 Å². The monoisotopic (exact) mass is 200 g/mol. The molecule has 0 bridgehead atoms. The van der Waals surface area contributed by atoms with Crippen LogP contribution in [0, 0.1) is 0 Å². The number of hydrogen-bond donors (Lipinski definition) is 1. The third-order valence-corrected chi connectivity index (χ3v) is 0.955. The maximum Gasteiger partial charge on any atom is 0.340 e. The molecule has 0 aromatic rings. The van der Waals surface area contributed by atoms with Crippen LogP contribution in [0.1, 0.15) is 6.92 Å². The molecular weight excluding hydrogens is 188 g/mol. The molecule has 0 rings (SSSR count). The molecule has 0 saturated carbocycles. The Labute approximate surface area is 81.7 Å². The highest BCUT2D eigenvalue weighted by Crippen LogP contribution is 1.85. The van der Waals surface area contributed by atoms with Crippen LogP contribution in [0.2, 0.25) is 0 Å². The summed E-state index contributed by atoms with van der Waals surface area (Å²) in [4.78, 5) is 29.5. The smallest absolute Gasteiger partial charge is 0.340 e. The van der Waals surface area contributed by atoms with Gasteiger partial charge in [-0.05, 0) is 6.92 Å². The fraction of sp³-hybridized carbons (Fsp3) is 0.222. The number of aliphatic carboxylic acids is 1. The van der Waals surface area contributed by atoms with Crippen molar-refractivity contribution in [2.24, 2.45) is 0 Å². The Morgan fingerprint density at radius 2 is 1.71 bits per heavy atom. The molecule has 0 amide bonds. The summed E-state index contributed by atoms with van der Waals surface area (Å²) >= 11 is 0. The van der Waals surface area contributed by atoms with Crippen molar-refractivity contribution in [3.8, 4) is 0 Å². The lowest BCUT2D eigenvalue weighted by atomic mass is 10.3. The highest BCUT2D eigenvalue weighted by molar-refractivity contribution is 6.06. The number of carboxylic acids is 1. The van der Waals surface area contributed by atoms with Gasteiger partial charge in [0.25, 0.3) is 0 Å². The van der Waals surface area contributed by atoms with Crippen LogP contribution in [0.25, 0.3) is 0 Å². The quantitative estimate of drug-likeness (QED) is 0.237. The number of aldehydes is 1. The molecule has 0 unspecified atom stereocenters. The van der Waals surface area contributed by atoms with Crippen LogP contribution in [-0.2, 0) is 19.1 Å². The first-order chi connectivity index (χ1) is 6.36. The van der Waals surface area contributed by atoms with Gasteiger partial charge in [0.15, 0.2) is 6.29 Å². The molecule has 0 fully saturated rings. The van der Waals surface area contributed by atoms with E-state index in [1.54, 1.807) is 0 Å². The Kier molecular flexibility index (Phi) is 8.06. The summed E-state index contributed by atoms with van der Waals surface area (Å²) in [5.74, 6) is -1.62. The summed E-state index contributed by atoms with van der Waals surface area (Å²) in [6.07, 6.45) is 0.353. The number of carboxylic acid groups (broad SMARTS) is 1. The zero-order valence-corrected chi connectivity index (χ0v) is 8.07. The molecule has 14 heavy (non-hydrogen) atoms. The van der Waals surface area contributed by atoms with Gasteiger partial charge in [-0.3, -0.25) is 4.79 Å². The van der Waals surface area contributed by atoms with E-state index in [1.165, 1.54) is 14.0 Å². The van der Waals surface area contributed by atoms with Crippen LogP contribution >= 0.6 is 0 Å². The van der Waals surface area contributed by atoms with Gasteiger partial charge in [-0.25, -0.2) is 9.59 Å². The van der Waals surface area contributed by atoms with Crippen LogP contribution in [0.15, 0.2) is 24.3 Å². The Hall–Kier alpha value is -1.91. The third-order valence-electron chi connectivity index (χ3n) is 0.955. The van der Waals surface area contributed by atoms with Gasteiger partial charge >= 0.3 is 11.9 Å². The minimum absolute atomic E-state index is 0.160. The summed E-state index contributed by atoms with van der Waals surface area (Å²) in [6.45, 7) is 7.70. The van der Waals surface area contributed by atoms with Gasteiger partial charge in [0.1, 0.15) is 0 Å². The van der Waals surface area contributed by atoms with Gasteiger partial charge in [-0.2, -0.15) is 0 Å². The number of carbonyl (C=O) groups is 3. The molecule has 0 aliphatic rings. The average Bonchev–Trinajstić information content (AvgIpc) is 2.16. The van der Waals surface area contributed by atoms with E-state index in [0.717, 1.165) is 0 Å². The zero-order chi connectivity index (χ0) is 11.7. The molecule has 0 aliphatic heterocycles. The third kappa shape index (κ3) is 8.19. The van der Waals surface area contributed by atoms with Gasteiger partial charge in [-0.1, -0.05) is 13.2 Å². The predicted molar refractivity (Wildman–Crippen MR) is 49.7 cm³/mol. The Balaban J connectivity index is 0. The fourth-order valence-corrected chi connectivity index (χ4v) is 0.179. The molecule has 0 saturated heterocycles. The topological polar surface area (TPSA) is 80.7 Å². The first-order valence-corrected chi connectivity index (χ1v) is 3.48. The van der Waals surface area contributed by atoms with E-state index in [1.807, 2.05) is 0 Å². The molecule has 0 heterocycles. The number of hydrogen-bond acceptors (Lipinski definition) is 4. The number of carbonyl (C=O) groups excluding carboxylic acids is 2. The van der Waals surface area contributed by atoms with E-state index in [2.05, 4.69) is 17.9 Å². The maximum absolute atomic E-state index is 10.2. The Morgan fingerprint density at radius 1 is 1.36 bits per heavy atom. The largest absolute Gasteiger partial charge is 0.478 e. The van der Waals surface area contributed by atoms with Gasteiger partial charge < -0.3 is 9.84 Å². The maximum atomic E-state index is 10.2. The second kappa shape index (κ2) is 7.72. The van der Waals surface area contributed by atoms with E-state index in [4.69, 9.17) is 5.11 Å². The highest BCUT2D eigenvalue weighted by Gasteiger charge is 2.01. The van der Waals surface area contributed by atoms with Crippen LogP contribution in [0.3, 0.4) is 0 Å². The van der Waals surface area contributed by atoms with E-state index < -0.39 is 11.9 Å². The fourth-order valence-electron chi connectivity index (χ4n) is 0.179. The molecular formula is C9H12O5. The molecule has 0 spiro atoms. The van der Waals surface area contributed by atoms with Crippen molar-refractivity contribution in [2.45, 2.75) is 6.92 Å². The number of esters is 1. The van der Waals surface area contributed by atoms with Crippen LogP contribution in [-0.4, -0.2) is 30.4 Å². The van der Waals surface area contributed by atoms with Crippen molar-refractivity contribution in [1.82, 2.24) is 0 Å². The summed E-state index contributed by atoms with van der Waals surface area (Å²) in [5.41, 5.74) is 0.0162. The SMILES string of the molecule is C=C(C)C(=O)O.C=C(C=O)C(=O)OC. The van der Waals surface area contributed by atoms with Gasteiger partial charge in [0.05, 0.1) is 12.7 Å².